The van der Waals surface area contributed by atoms with Gasteiger partial charge in [0, 0.05) is 6.04 Å². The van der Waals surface area contributed by atoms with Crippen LogP contribution in [0.1, 0.15) is 19.8 Å². The van der Waals surface area contributed by atoms with Gasteiger partial charge < -0.3 is 5.73 Å². The first-order valence-electron chi connectivity index (χ1n) is 3.27. The molecule has 0 amide bonds. The monoisotopic (exact) mass is 111 g/mol. The van der Waals surface area contributed by atoms with Crippen LogP contribution >= 0.6 is 0 Å². The Morgan fingerprint density at radius 3 is 2.62 bits per heavy atom. The average Bonchev–Trinajstić information content (AvgIpc) is 1.62. The summed E-state index contributed by atoms with van der Waals surface area (Å²) in [7, 11) is 0. The maximum Gasteiger partial charge on any atom is 0.0102 e. The summed E-state index contributed by atoms with van der Waals surface area (Å²) >= 11 is 0. The van der Waals surface area contributed by atoms with Crippen molar-refractivity contribution in [1.82, 2.24) is 0 Å². The van der Waals surface area contributed by atoms with E-state index in [0.29, 0.717) is 12.0 Å². The first-order chi connectivity index (χ1) is 3.84. The fourth-order valence-electron chi connectivity index (χ4n) is 0.913. The SMILES string of the molecule is CCC(N)C1C=CC1. The molecule has 2 unspecified atom stereocenters. The third kappa shape index (κ3) is 0.920. The largest absolute Gasteiger partial charge is 0.327 e. The third-order valence-electron chi connectivity index (χ3n) is 1.81. The Kier molecular flexibility index (Phi) is 1.69. The molecule has 0 spiro atoms. The maximum absolute atomic E-state index is 5.73. The van der Waals surface area contributed by atoms with E-state index < -0.39 is 0 Å². The zero-order chi connectivity index (χ0) is 5.98. The van der Waals surface area contributed by atoms with E-state index in [-0.39, 0.29) is 0 Å². The molecule has 1 rings (SSSR count). The summed E-state index contributed by atoms with van der Waals surface area (Å²) in [5, 5.41) is 0. The van der Waals surface area contributed by atoms with Crippen LogP contribution in [-0.2, 0) is 0 Å². The second kappa shape index (κ2) is 2.31. The zero-order valence-electron chi connectivity index (χ0n) is 5.30. The minimum atomic E-state index is 0.417. The summed E-state index contributed by atoms with van der Waals surface area (Å²) in [4.78, 5) is 0. The summed E-state index contributed by atoms with van der Waals surface area (Å²) in [6.45, 7) is 2.14. The van der Waals surface area contributed by atoms with E-state index in [1.807, 2.05) is 0 Å². The molecule has 0 saturated heterocycles. The van der Waals surface area contributed by atoms with Gasteiger partial charge in [-0.15, -0.1) is 0 Å². The van der Waals surface area contributed by atoms with Gasteiger partial charge in [-0.05, 0) is 18.8 Å². The quantitative estimate of drug-likeness (QED) is 0.534. The van der Waals surface area contributed by atoms with Crippen molar-refractivity contribution in [2.45, 2.75) is 25.8 Å². The van der Waals surface area contributed by atoms with Crippen LogP contribution in [0.15, 0.2) is 12.2 Å². The Balaban J connectivity index is 2.25. The molecule has 0 heterocycles. The smallest absolute Gasteiger partial charge is 0.0102 e. The summed E-state index contributed by atoms with van der Waals surface area (Å²) in [6, 6.07) is 0.417. The van der Waals surface area contributed by atoms with Crippen molar-refractivity contribution in [3.8, 4) is 0 Å². The molecule has 0 bridgehead atoms. The molecule has 1 aliphatic rings. The number of rotatable bonds is 2. The van der Waals surface area contributed by atoms with Crippen LogP contribution < -0.4 is 5.73 Å². The van der Waals surface area contributed by atoms with E-state index in [9.17, 15) is 0 Å². The van der Waals surface area contributed by atoms with Crippen molar-refractivity contribution < 1.29 is 0 Å². The molecule has 0 saturated carbocycles. The number of hydrogen-bond donors (Lipinski definition) is 1. The Hall–Kier alpha value is -0.300. The molecular formula is C7H13N. The summed E-state index contributed by atoms with van der Waals surface area (Å²) in [6.07, 6.45) is 6.69. The Labute approximate surface area is 50.6 Å². The van der Waals surface area contributed by atoms with Gasteiger partial charge in [-0.2, -0.15) is 0 Å². The fourth-order valence-corrected chi connectivity index (χ4v) is 0.913. The molecular weight excluding hydrogens is 98.1 g/mol. The van der Waals surface area contributed by atoms with Gasteiger partial charge in [0.15, 0.2) is 0 Å². The second-order valence-electron chi connectivity index (χ2n) is 2.40. The molecule has 2 atom stereocenters. The standard InChI is InChI=1S/C7H13N/c1-2-7(8)6-4-3-5-6/h3-4,6-7H,2,5,8H2,1H3. The first kappa shape index (κ1) is 5.83. The van der Waals surface area contributed by atoms with Gasteiger partial charge in [-0.1, -0.05) is 19.1 Å². The van der Waals surface area contributed by atoms with E-state index in [0.717, 1.165) is 6.42 Å². The molecule has 2 N–H and O–H groups in total. The van der Waals surface area contributed by atoms with Crippen LogP contribution in [0.2, 0.25) is 0 Å². The molecule has 1 aliphatic carbocycles. The minimum absolute atomic E-state index is 0.417. The van der Waals surface area contributed by atoms with E-state index in [1.54, 1.807) is 0 Å². The van der Waals surface area contributed by atoms with Crippen LogP contribution in [0.25, 0.3) is 0 Å². The fraction of sp³-hybridized carbons (Fsp3) is 0.714. The van der Waals surface area contributed by atoms with Crippen LogP contribution in [0.5, 0.6) is 0 Å². The van der Waals surface area contributed by atoms with Crippen molar-refractivity contribution in [1.29, 1.82) is 0 Å². The average molecular weight is 111 g/mol. The van der Waals surface area contributed by atoms with Crippen molar-refractivity contribution in [2.24, 2.45) is 11.7 Å². The molecule has 1 heteroatoms. The Morgan fingerprint density at radius 2 is 2.50 bits per heavy atom. The predicted octanol–water partition coefficient (Wildman–Crippen LogP) is 1.30. The van der Waals surface area contributed by atoms with Gasteiger partial charge in [0.05, 0.1) is 0 Å². The lowest BCUT2D eigenvalue weighted by Crippen LogP contribution is -2.30. The topological polar surface area (TPSA) is 26.0 Å². The molecule has 0 aromatic rings. The third-order valence-corrected chi connectivity index (χ3v) is 1.81. The molecule has 0 radical (unpaired) electrons. The Bertz CT molecular complexity index is 96.6. The van der Waals surface area contributed by atoms with Crippen LogP contribution in [0.4, 0.5) is 0 Å². The van der Waals surface area contributed by atoms with E-state index in [2.05, 4.69) is 19.1 Å². The lowest BCUT2D eigenvalue weighted by atomic mass is 9.87. The number of allylic oxidation sites excluding steroid dienone is 1. The van der Waals surface area contributed by atoms with E-state index in [1.165, 1.54) is 6.42 Å². The highest BCUT2D eigenvalue weighted by Gasteiger charge is 2.15. The van der Waals surface area contributed by atoms with Crippen molar-refractivity contribution in [2.75, 3.05) is 0 Å². The minimum Gasteiger partial charge on any atom is -0.327 e. The van der Waals surface area contributed by atoms with Crippen LogP contribution in [0.3, 0.4) is 0 Å². The van der Waals surface area contributed by atoms with Gasteiger partial charge in [0.2, 0.25) is 0 Å². The molecule has 1 nitrogen and oxygen atoms in total. The first-order valence-corrected chi connectivity index (χ1v) is 3.27. The predicted molar refractivity (Wildman–Crippen MR) is 35.5 cm³/mol. The zero-order valence-corrected chi connectivity index (χ0v) is 5.30. The van der Waals surface area contributed by atoms with Crippen molar-refractivity contribution in [3.63, 3.8) is 0 Å². The molecule has 0 aromatic carbocycles. The molecule has 0 aliphatic heterocycles. The van der Waals surface area contributed by atoms with Crippen LogP contribution in [-0.4, -0.2) is 6.04 Å². The van der Waals surface area contributed by atoms with Crippen molar-refractivity contribution >= 4 is 0 Å². The second-order valence-corrected chi connectivity index (χ2v) is 2.40. The summed E-state index contributed by atoms with van der Waals surface area (Å²) in [5.74, 6) is 0.694. The molecule has 46 valence electrons. The van der Waals surface area contributed by atoms with Crippen molar-refractivity contribution in [3.05, 3.63) is 12.2 Å². The number of nitrogens with two attached hydrogens (primary N) is 1. The molecule has 0 fully saturated rings. The number of hydrogen-bond acceptors (Lipinski definition) is 1. The normalized spacial score (nSPS) is 29.5. The summed E-state index contributed by atoms with van der Waals surface area (Å²) in [5.41, 5.74) is 5.73. The van der Waals surface area contributed by atoms with Gasteiger partial charge >= 0.3 is 0 Å². The Morgan fingerprint density at radius 1 is 1.88 bits per heavy atom. The highest BCUT2D eigenvalue weighted by Crippen LogP contribution is 2.20. The van der Waals surface area contributed by atoms with Gasteiger partial charge in [-0.3, -0.25) is 0 Å². The van der Waals surface area contributed by atoms with Gasteiger partial charge in [-0.25, -0.2) is 0 Å². The van der Waals surface area contributed by atoms with Crippen LogP contribution in [0, 0.1) is 5.92 Å². The van der Waals surface area contributed by atoms with E-state index in [4.69, 9.17) is 5.73 Å². The summed E-state index contributed by atoms with van der Waals surface area (Å²) < 4.78 is 0. The lowest BCUT2D eigenvalue weighted by Gasteiger charge is -2.23. The highest BCUT2D eigenvalue weighted by molar-refractivity contribution is 5.05. The highest BCUT2D eigenvalue weighted by atomic mass is 14.6. The van der Waals surface area contributed by atoms with E-state index >= 15 is 0 Å². The maximum atomic E-state index is 5.73. The lowest BCUT2D eigenvalue weighted by molar-refractivity contribution is 0.463. The van der Waals surface area contributed by atoms with Gasteiger partial charge in [0.25, 0.3) is 0 Å². The molecule has 0 aromatic heterocycles. The molecule has 8 heavy (non-hydrogen) atoms. The van der Waals surface area contributed by atoms with Gasteiger partial charge in [0.1, 0.15) is 0 Å².